The Bertz CT molecular complexity index is 83.8. The van der Waals surface area contributed by atoms with Gasteiger partial charge in [-0.05, 0) is 11.9 Å². The summed E-state index contributed by atoms with van der Waals surface area (Å²) < 4.78 is 1.72. The zero-order chi connectivity index (χ0) is 5.11. The normalized spacial score (nSPS) is 18.7. The van der Waals surface area contributed by atoms with Crippen molar-refractivity contribution in [2.75, 3.05) is 12.9 Å². The van der Waals surface area contributed by atoms with Gasteiger partial charge in [-0.15, -0.1) is 0 Å². The summed E-state index contributed by atoms with van der Waals surface area (Å²) in [6.07, 6.45) is 3.96. The second-order valence-electron chi connectivity index (χ2n) is 1.15. The summed E-state index contributed by atoms with van der Waals surface area (Å²) in [4.78, 5) is 4.82. The summed E-state index contributed by atoms with van der Waals surface area (Å²) in [7, 11) is 1.66. The fourth-order valence-electron chi connectivity index (χ4n) is 0.402. The molecule has 0 fully saturated rings. The number of hydrogen-bond acceptors (Lipinski definition) is 3. The van der Waals surface area contributed by atoms with E-state index in [0.717, 1.165) is 5.75 Å². The fraction of sp³-hybridized carbons (Fsp3) is 0.500. The lowest BCUT2D eigenvalue weighted by molar-refractivity contribution is 0.00747. The van der Waals surface area contributed by atoms with E-state index >= 15 is 0 Å². The second kappa shape index (κ2) is 2.23. The molecule has 7 heavy (non-hydrogen) atoms. The van der Waals surface area contributed by atoms with Crippen LogP contribution in [0.15, 0.2) is 12.3 Å². The molecule has 40 valence electrons. The molecular formula is C4H7NOS. The van der Waals surface area contributed by atoms with Crippen LogP contribution >= 0.6 is 11.9 Å². The van der Waals surface area contributed by atoms with Gasteiger partial charge in [-0.2, -0.15) is 0 Å². The van der Waals surface area contributed by atoms with Crippen LogP contribution < -0.4 is 0 Å². The minimum absolute atomic E-state index is 1.04. The third kappa shape index (κ3) is 1.11. The van der Waals surface area contributed by atoms with Crippen molar-refractivity contribution in [2.24, 2.45) is 0 Å². The summed E-state index contributed by atoms with van der Waals surface area (Å²) in [6.45, 7) is 0. The van der Waals surface area contributed by atoms with Crippen LogP contribution in [0, 0.1) is 0 Å². The van der Waals surface area contributed by atoms with Crippen molar-refractivity contribution < 1.29 is 4.84 Å². The van der Waals surface area contributed by atoms with Gasteiger partial charge in [-0.1, -0.05) is 6.08 Å². The van der Waals surface area contributed by atoms with Gasteiger partial charge in [0.15, 0.2) is 0 Å². The summed E-state index contributed by atoms with van der Waals surface area (Å²) in [5, 5.41) is 0. The molecule has 0 unspecified atom stereocenters. The molecule has 0 radical (unpaired) electrons. The van der Waals surface area contributed by atoms with Gasteiger partial charge in [-0.25, -0.2) is 4.47 Å². The van der Waals surface area contributed by atoms with Gasteiger partial charge in [0.2, 0.25) is 0 Å². The lowest BCUT2D eigenvalue weighted by Crippen LogP contribution is -2.00. The van der Waals surface area contributed by atoms with E-state index < -0.39 is 0 Å². The van der Waals surface area contributed by atoms with Crippen molar-refractivity contribution in [1.29, 1.82) is 0 Å². The fourth-order valence-corrected chi connectivity index (χ4v) is 0.999. The Kier molecular flexibility index (Phi) is 1.59. The van der Waals surface area contributed by atoms with E-state index in [9.17, 15) is 0 Å². The first-order valence-electron chi connectivity index (χ1n) is 2.06. The Labute approximate surface area is 47.2 Å². The van der Waals surface area contributed by atoms with E-state index in [1.54, 1.807) is 23.5 Å². The number of rotatable bonds is 1. The molecule has 2 nitrogen and oxygen atoms in total. The van der Waals surface area contributed by atoms with E-state index in [-0.39, 0.29) is 0 Å². The molecule has 0 N–H and O–H groups in total. The second-order valence-corrected chi connectivity index (χ2v) is 2.10. The van der Waals surface area contributed by atoms with Gasteiger partial charge >= 0.3 is 0 Å². The number of hydroxylamine groups is 1. The van der Waals surface area contributed by atoms with E-state index in [1.165, 1.54) is 0 Å². The maximum Gasteiger partial charge on any atom is 0.0650 e. The maximum atomic E-state index is 4.82. The summed E-state index contributed by atoms with van der Waals surface area (Å²) in [5.41, 5.74) is 0. The first-order valence-corrected chi connectivity index (χ1v) is 3.00. The Hall–Kier alpha value is -0.150. The van der Waals surface area contributed by atoms with Crippen molar-refractivity contribution in [3.63, 3.8) is 0 Å². The summed E-state index contributed by atoms with van der Waals surface area (Å²) in [5.74, 6) is 1.04. The summed E-state index contributed by atoms with van der Waals surface area (Å²) >= 11 is 1.64. The van der Waals surface area contributed by atoms with Crippen LogP contribution in [0.4, 0.5) is 0 Å². The standard InChI is InChI=1S/C4H7NOS/c1-6-5-3-2-4-7-5/h2-3H,4H2,1H3. The van der Waals surface area contributed by atoms with Crippen molar-refractivity contribution >= 4 is 11.9 Å². The molecule has 1 heterocycles. The molecule has 3 heteroatoms. The van der Waals surface area contributed by atoms with Crippen molar-refractivity contribution in [3.8, 4) is 0 Å². The highest BCUT2D eigenvalue weighted by Crippen LogP contribution is 2.15. The average Bonchev–Trinajstić information content (AvgIpc) is 2.14. The first-order chi connectivity index (χ1) is 3.43. The minimum atomic E-state index is 1.04. The van der Waals surface area contributed by atoms with Crippen molar-refractivity contribution in [2.45, 2.75) is 0 Å². The van der Waals surface area contributed by atoms with E-state index in [4.69, 9.17) is 4.84 Å². The molecule has 0 aliphatic carbocycles. The lowest BCUT2D eigenvalue weighted by atomic mass is 10.7. The van der Waals surface area contributed by atoms with Crippen LogP contribution in [0.1, 0.15) is 0 Å². The highest BCUT2D eigenvalue weighted by Gasteiger charge is 2.00. The number of nitrogens with zero attached hydrogens (tertiary/aromatic N) is 1. The molecular weight excluding hydrogens is 110 g/mol. The third-order valence-corrected chi connectivity index (χ3v) is 1.57. The Morgan fingerprint density at radius 2 is 2.71 bits per heavy atom. The Balaban J connectivity index is 2.28. The number of hydrogen-bond donors (Lipinski definition) is 0. The molecule has 0 bridgehead atoms. The molecule has 1 rings (SSSR count). The minimum Gasteiger partial charge on any atom is -0.267 e. The van der Waals surface area contributed by atoms with Crippen LogP contribution in [0.3, 0.4) is 0 Å². The van der Waals surface area contributed by atoms with E-state index in [0.29, 0.717) is 0 Å². The zero-order valence-electron chi connectivity index (χ0n) is 4.13. The van der Waals surface area contributed by atoms with E-state index in [2.05, 4.69) is 0 Å². The van der Waals surface area contributed by atoms with Gasteiger partial charge in [0.1, 0.15) is 0 Å². The first kappa shape index (κ1) is 5.00. The zero-order valence-corrected chi connectivity index (χ0v) is 4.94. The third-order valence-electron chi connectivity index (χ3n) is 0.705. The molecule has 0 spiro atoms. The van der Waals surface area contributed by atoms with Gasteiger partial charge in [0.25, 0.3) is 0 Å². The molecule has 0 saturated heterocycles. The monoisotopic (exact) mass is 117 g/mol. The van der Waals surface area contributed by atoms with Crippen LogP contribution in [0.2, 0.25) is 0 Å². The largest absolute Gasteiger partial charge is 0.267 e. The topological polar surface area (TPSA) is 12.5 Å². The van der Waals surface area contributed by atoms with Gasteiger partial charge in [0.05, 0.1) is 7.11 Å². The Morgan fingerprint density at radius 3 is 3.00 bits per heavy atom. The molecule has 0 atom stereocenters. The highest BCUT2D eigenvalue weighted by molar-refractivity contribution is 7.97. The predicted molar refractivity (Wildman–Crippen MR) is 30.4 cm³/mol. The van der Waals surface area contributed by atoms with Crippen LogP contribution in [-0.2, 0) is 4.84 Å². The summed E-state index contributed by atoms with van der Waals surface area (Å²) in [6, 6.07) is 0. The molecule has 1 aliphatic heterocycles. The molecule has 0 aromatic rings. The predicted octanol–water partition coefficient (Wildman–Crippen LogP) is 1.03. The smallest absolute Gasteiger partial charge is 0.0650 e. The van der Waals surface area contributed by atoms with Crippen molar-refractivity contribution in [1.82, 2.24) is 4.47 Å². The highest BCUT2D eigenvalue weighted by atomic mass is 32.2. The lowest BCUT2D eigenvalue weighted by Gasteiger charge is -2.07. The molecule has 0 amide bonds. The van der Waals surface area contributed by atoms with Crippen LogP contribution in [0.5, 0.6) is 0 Å². The molecule has 0 saturated carbocycles. The molecule has 1 aliphatic rings. The van der Waals surface area contributed by atoms with Gasteiger partial charge in [0, 0.05) is 12.0 Å². The van der Waals surface area contributed by atoms with Crippen LogP contribution in [0.25, 0.3) is 0 Å². The quantitative estimate of drug-likeness (QED) is 0.476. The molecule has 0 aromatic heterocycles. The van der Waals surface area contributed by atoms with Crippen molar-refractivity contribution in [3.05, 3.63) is 12.3 Å². The maximum absolute atomic E-state index is 4.82. The average molecular weight is 117 g/mol. The van der Waals surface area contributed by atoms with Gasteiger partial charge in [-0.3, -0.25) is 4.84 Å². The Morgan fingerprint density at radius 1 is 1.86 bits per heavy atom. The van der Waals surface area contributed by atoms with Gasteiger partial charge < -0.3 is 0 Å². The SMILES string of the molecule is CON1C=CCS1. The van der Waals surface area contributed by atoms with Crippen LogP contribution in [-0.4, -0.2) is 17.3 Å². The molecule has 0 aromatic carbocycles. The van der Waals surface area contributed by atoms with E-state index in [1.807, 2.05) is 12.3 Å².